The van der Waals surface area contributed by atoms with Crippen molar-refractivity contribution in [1.29, 1.82) is 0 Å². The van der Waals surface area contributed by atoms with Crippen LogP contribution >= 0.6 is 39.1 Å². The molecular weight excluding hydrogens is 337 g/mol. The third-order valence-corrected chi connectivity index (χ3v) is 3.42. The molecule has 0 heterocycles. The molecule has 0 atom stereocenters. The normalized spacial score (nSPS) is 10.2. The first-order chi connectivity index (χ1) is 8.56. The minimum absolute atomic E-state index is 0.208. The summed E-state index contributed by atoms with van der Waals surface area (Å²) in [5.74, 6) is -0.208. The van der Waals surface area contributed by atoms with Gasteiger partial charge in [-0.15, -0.1) is 0 Å². The molecule has 92 valence electrons. The Kier molecular flexibility index (Phi) is 4.27. The van der Waals surface area contributed by atoms with Gasteiger partial charge in [-0.3, -0.25) is 4.79 Å². The van der Waals surface area contributed by atoms with Gasteiger partial charge in [0.05, 0.1) is 5.56 Å². The van der Waals surface area contributed by atoms with Crippen LogP contribution in [-0.2, 0) is 0 Å². The number of carbonyl (C=O) groups is 1. The zero-order chi connectivity index (χ0) is 13.1. The monoisotopic (exact) mass is 343 g/mol. The Labute approximate surface area is 123 Å². The lowest BCUT2D eigenvalue weighted by Gasteiger charge is -2.07. The zero-order valence-corrected chi connectivity index (χ0v) is 12.2. The summed E-state index contributed by atoms with van der Waals surface area (Å²) in [5, 5.41) is 3.97. The van der Waals surface area contributed by atoms with Gasteiger partial charge in [0.25, 0.3) is 5.91 Å². The van der Waals surface area contributed by atoms with E-state index in [0.29, 0.717) is 25.8 Å². The summed E-state index contributed by atoms with van der Waals surface area (Å²) >= 11 is 14.9. The molecule has 0 aliphatic carbocycles. The minimum Gasteiger partial charge on any atom is -0.322 e. The maximum absolute atomic E-state index is 12.0. The lowest BCUT2D eigenvalue weighted by molar-refractivity contribution is 0.102. The molecule has 1 N–H and O–H groups in total. The fraction of sp³-hybridized carbons (Fsp3) is 0. The summed E-state index contributed by atoms with van der Waals surface area (Å²) in [5.41, 5.74) is 1.21. The van der Waals surface area contributed by atoms with E-state index in [1.807, 2.05) is 0 Å². The average molecular weight is 345 g/mol. The van der Waals surface area contributed by atoms with Crippen LogP contribution < -0.4 is 5.32 Å². The highest BCUT2D eigenvalue weighted by Gasteiger charge is 2.10. The molecule has 0 bridgehead atoms. The second-order valence-electron chi connectivity index (χ2n) is 3.59. The van der Waals surface area contributed by atoms with Gasteiger partial charge in [-0.1, -0.05) is 23.2 Å². The van der Waals surface area contributed by atoms with E-state index in [0.717, 1.165) is 0 Å². The van der Waals surface area contributed by atoms with Crippen molar-refractivity contribution >= 4 is 50.7 Å². The number of hydrogen-bond donors (Lipinski definition) is 1. The predicted molar refractivity (Wildman–Crippen MR) is 78.6 cm³/mol. The highest BCUT2D eigenvalue weighted by atomic mass is 79.9. The van der Waals surface area contributed by atoms with Gasteiger partial charge in [0.1, 0.15) is 0 Å². The molecule has 2 nitrogen and oxygen atoms in total. The molecule has 18 heavy (non-hydrogen) atoms. The van der Waals surface area contributed by atoms with Crippen molar-refractivity contribution in [2.24, 2.45) is 0 Å². The first-order valence-corrected chi connectivity index (χ1v) is 6.63. The van der Waals surface area contributed by atoms with Crippen molar-refractivity contribution in [3.8, 4) is 0 Å². The molecule has 0 unspecified atom stereocenters. The van der Waals surface area contributed by atoms with E-state index in [1.54, 1.807) is 42.5 Å². The van der Waals surface area contributed by atoms with Crippen LogP contribution in [0, 0.1) is 0 Å². The average Bonchev–Trinajstić information content (AvgIpc) is 2.32. The number of benzene rings is 2. The fourth-order valence-corrected chi connectivity index (χ4v) is 2.39. The second-order valence-corrected chi connectivity index (χ2v) is 5.31. The Morgan fingerprint density at radius 3 is 2.22 bits per heavy atom. The van der Waals surface area contributed by atoms with Crippen molar-refractivity contribution in [2.45, 2.75) is 0 Å². The van der Waals surface area contributed by atoms with Gasteiger partial charge in [0.2, 0.25) is 0 Å². The van der Waals surface area contributed by atoms with E-state index < -0.39 is 0 Å². The third-order valence-electron chi connectivity index (χ3n) is 2.28. The molecule has 0 aromatic heterocycles. The van der Waals surface area contributed by atoms with Crippen LogP contribution in [0.4, 0.5) is 5.69 Å². The van der Waals surface area contributed by atoms with Crippen LogP contribution in [0.5, 0.6) is 0 Å². The predicted octanol–water partition coefficient (Wildman–Crippen LogP) is 5.01. The Morgan fingerprint density at radius 1 is 1.00 bits per heavy atom. The largest absolute Gasteiger partial charge is 0.322 e. The maximum Gasteiger partial charge on any atom is 0.256 e. The Balaban J connectivity index is 2.19. The van der Waals surface area contributed by atoms with Crippen LogP contribution in [0.15, 0.2) is 46.9 Å². The molecule has 0 radical (unpaired) electrons. The molecule has 0 spiro atoms. The van der Waals surface area contributed by atoms with E-state index in [1.165, 1.54) is 0 Å². The number of carbonyl (C=O) groups excluding carboxylic acids is 1. The number of anilines is 1. The molecular formula is C13H8BrCl2NO. The summed E-state index contributed by atoms with van der Waals surface area (Å²) in [7, 11) is 0. The van der Waals surface area contributed by atoms with Gasteiger partial charge in [0.15, 0.2) is 0 Å². The van der Waals surface area contributed by atoms with E-state index in [-0.39, 0.29) is 5.91 Å². The van der Waals surface area contributed by atoms with Gasteiger partial charge in [0, 0.05) is 20.2 Å². The number of rotatable bonds is 2. The Hall–Kier alpha value is -1.03. The van der Waals surface area contributed by atoms with Crippen LogP contribution in [0.2, 0.25) is 10.0 Å². The molecule has 0 saturated carbocycles. The van der Waals surface area contributed by atoms with Gasteiger partial charge >= 0.3 is 0 Å². The highest BCUT2D eigenvalue weighted by molar-refractivity contribution is 9.10. The van der Waals surface area contributed by atoms with Crippen LogP contribution in [-0.4, -0.2) is 5.91 Å². The molecule has 5 heteroatoms. The third kappa shape index (κ3) is 3.25. The topological polar surface area (TPSA) is 29.1 Å². The molecule has 0 saturated heterocycles. The Morgan fingerprint density at radius 2 is 1.61 bits per heavy atom. The van der Waals surface area contributed by atoms with E-state index in [2.05, 4.69) is 21.2 Å². The lowest BCUT2D eigenvalue weighted by atomic mass is 10.2. The summed E-state index contributed by atoms with van der Waals surface area (Å²) in [6, 6.07) is 11.9. The quantitative estimate of drug-likeness (QED) is 0.815. The summed E-state index contributed by atoms with van der Waals surface area (Å²) in [6.45, 7) is 0. The summed E-state index contributed by atoms with van der Waals surface area (Å²) in [6.07, 6.45) is 0. The van der Waals surface area contributed by atoms with Gasteiger partial charge in [-0.25, -0.2) is 0 Å². The highest BCUT2D eigenvalue weighted by Crippen LogP contribution is 2.23. The fourth-order valence-electron chi connectivity index (χ4n) is 1.41. The van der Waals surface area contributed by atoms with Crippen molar-refractivity contribution in [3.05, 3.63) is 62.5 Å². The Bertz CT molecular complexity index is 584. The van der Waals surface area contributed by atoms with E-state index in [9.17, 15) is 4.79 Å². The molecule has 0 aliphatic rings. The lowest BCUT2D eigenvalue weighted by Crippen LogP contribution is -2.12. The second kappa shape index (κ2) is 5.74. The van der Waals surface area contributed by atoms with E-state index in [4.69, 9.17) is 23.2 Å². The number of hydrogen-bond acceptors (Lipinski definition) is 1. The van der Waals surface area contributed by atoms with E-state index >= 15 is 0 Å². The van der Waals surface area contributed by atoms with Crippen LogP contribution in [0.1, 0.15) is 10.4 Å². The standard InChI is InChI=1S/C13H8BrCl2NO/c14-12-7-9(16)3-6-11(12)13(18)17-10-4-1-8(15)2-5-10/h1-7H,(H,17,18). The first-order valence-electron chi connectivity index (χ1n) is 5.08. The number of halogens is 3. The van der Waals surface area contributed by atoms with Gasteiger partial charge < -0.3 is 5.32 Å². The molecule has 2 aromatic rings. The molecule has 2 rings (SSSR count). The number of amides is 1. The summed E-state index contributed by atoms with van der Waals surface area (Å²) < 4.78 is 0.654. The number of nitrogens with one attached hydrogen (secondary N) is 1. The SMILES string of the molecule is O=C(Nc1ccc(Cl)cc1)c1ccc(Cl)cc1Br. The molecule has 1 amide bonds. The van der Waals surface area contributed by atoms with Crippen molar-refractivity contribution < 1.29 is 4.79 Å². The molecule has 0 fully saturated rings. The van der Waals surface area contributed by atoms with Crippen molar-refractivity contribution in [1.82, 2.24) is 0 Å². The smallest absolute Gasteiger partial charge is 0.256 e. The maximum atomic E-state index is 12.0. The van der Waals surface area contributed by atoms with Gasteiger partial charge in [-0.2, -0.15) is 0 Å². The summed E-state index contributed by atoms with van der Waals surface area (Å²) in [4.78, 5) is 12.0. The molecule has 2 aromatic carbocycles. The first kappa shape index (κ1) is 13.4. The van der Waals surface area contributed by atoms with Gasteiger partial charge in [-0.05, 0) is 58.4 Å². The molecule has 0 aliphatic heterocycles. The minimum atomic E-state index is -0.208. The van der Waals surface area contributed by atoms with Crippen LogP contribution in [0.3, 0.4) is 0 Å². The zero-order valence-electron chi connectivity index (χ0n) is 9.08. The van der Waals surface area contributed by atoms with Crippen molar-refractivity contribution in [3.63, 3.8) is 0 Å². The van der Waals surface area contributed by atoms with Crippen molar-refractivity contribution in [2.75, 3.05) is 5.32 Å². The van der Waals surface area contributed by atoms with Crippen LogP contribution in [0.25, 0.3) is 0 Å².